The van der Waals surface area contributed by atoms with E-state index in [1.54, 1.807) is 0 Å². The Labute approximate surface area is 317 Å². The second-order valence-electron chi connectivity index (χ2n) is 15.4. The predicted octanol–water partition coefficient (Wildman–Crippen LogP) is 8.61. The van der Waals surface area contributed by atoms with Crippen molar-refractivity contribution in [2.75, 3.05) is 0 Å². The molecular weight excluding hydrogens is 679 g/mol. The number of rotatable bonds is 6. The second-order valence-corrected chi connectivity index (χ2v) is 15.4. The standard InChI is InChI=1S/C48H33BN2O4/c1-26-47(52-26)54-30-18-14-28(15-19-30)32-22-24-36-45-42(32)34-8-3-5-10-38(34)50(45)40-12-7-13-41-44(40)49(36)37-25-23-33(29-16-20-31(21-17-29)55-48-27(2)53-48)43-35-9-4-6-11-39(35)51(41)46(37)43/h3-27,47-48H,1-2H3. The monoisotopic (exact) mass is 712 g/mol. The largest absolute Gasteiger partial charge is 0.462 e. The summed E-state index contributed by atoms with van der Waals surface area (Å²) in [6.45, 7) is 4.12. The lowest BCUT2D eigenvalue weighted by molar-refractivity contribution is 0.178. The van der Waals surface area contributed by atoms with Crippen molar-refractivity contribution in [3.05, 3.63) is 140 Å². The van der Waals surface area contributed by atoms with Gasteiger partial charge in [0, 0.05) is 44.0 Å². The summed E-state index contributed by atoms with van der Waals surface area (Å²) in [7, 11) is 0. The molecule has 0 amide bonds. The summed E-state index contributed by atoms with van der Waals surface area (Å²) in [4.78, 5) is 0. The molecule has 0 saturated carbocycles. The van der Waals surface area contributed by atoms with Crippen molar-refractivity contribution in [1.82, 2.24) is 9.13 Å². The van der Waals surface area contributed by atoms with E-state index in [9.17, 15) is 0 Å². The Morgan fingerprint density at radius 3 is 1.36 bits per heavy atom. The van der Waals surface area contributed by atoms with E-state index in [2.05, 4.69) is 149 Å². The average molecular weight is 713 g/mol. The maximum Gasteiger partial charge on any atom is 0.252 e. The van der Waals surface area contributed by atoms with E-state index in [1.165, 1.54) is 82.5 Å². The number of hydrogen-bond donors (Lipinski definition) is 0. The van der Waals surface area contributed by atoms with Gasteiger partial charge in [-0.15, -0.1) is 0 Å². The van der Waals surface area contributed by atoms with E-state index in [4.69, 9.17) is 18.9 Å². The third-order valence-corrected chi connectivity index (χ3v) is 12.3. The molecule has 7 heteroatoms. The molecule has 7 aromatic carbocycles. The van der Waals surface area contributed by atoms with Crippen molar-refractivity contribution < 1.29 is 18.9 Å². The van der Waals surface area contributed by atoms with Crippen LogP contribution in [0.1, 0.15) is 13.8 Å². The summed E-state index contributed by atoms with van der Waals surface area (Å²) < 4.78 is 28.1. The molecule has 13 rings (SSSR count). The van der Waals surface area contributed by atoms with Gasteiger partial charge in [-0.25, -0.2) is 0 Å². The topological polar surface area (TPSA) is 53.4 Å². The summed E-state index contributed by atoms with van der Waals surface area (Å²) in [6.07, 6.45) is -0.0229. The number of fused-ring (bicyclic) bond motifs is 10. The Kier molecular flexibility index (Phi) is 5.85. The molecule has 0 aliphatic carbocycles. The highest BCUT2D eigenvalue weighted by Crippen LogP contribution is 2.44. The number of nitrogens with zero attached hydrogens (tertiary/aromatic N) is 2. The van der Waals surface area contributed by atoms with Gasteiger partial charge in [0.2, 0.25) is 12.6 Å². The molecule has 6 heterocycles. The van der Waals surface area contributed by atoms with Gasteiger partial charge in [0.1, 0.15) is 23.7 Å². The molecule has 262 valence electrons. The fourth-order valence-electron chi connectivity index (χ4n) is 9.67. The van der Waals surface area contributed by atoms with Crippen molar-refractivity contribution in [2.45, 2.75) is 38.6 Å². The molecular formula is C48H33BN2O4. The molecule has 4 aliphatic heterocycles. The van der Waals surface area contributed by atoms with Crippen LogP contribution in [0.4, 0.5) is 0 Å². The number of epoxide rings is 2. The van der Waals surface area contributed by atoms with Gasteiger partial charge in [-0.3, -0.25) is 0 Å². The molecule has 55 heavy (non-hydrogen) atoms. The first-order valence-corrected chi connectivity index (χ1v) is 19.2. The molecule has 4 aliphatic rings. The predicted molar refractivity (Wildman–Crippen MR) is 221 cm³/mol. The first-order chi connectivity index (χ1) is 27.1. The summed E-state index contributed by atoms with van der Waals surface area (Å²) in [5, 5.41) is 5.08. The smallest absolute Gasteiger partial charge is 0.252 e. The summed E-state index contributed by atoms with van der Waals surface area (Å²) in [5.74, 6) is 1.65. The molecule has 0 bridgehead atoms. The molecule has 2 fully saturated rings. The van der Waals surface area contributed by atoms with Crippen molar-refractivity contribution in [1.29, 1.82) is 0 Å². The van der Waals surface area contributed by atoms with Crippen LogP contribution in [0.3, 0.4) is 0 Å². The molecule has 6 nitrogen and oxygen atoms in total. The Morgan fingerprint density at radius 2 is 0.927 bits per heavy atom. The fraction of sp³-hybridized carbons (Fsp3) is 0.125. The van der Waals surface area contributed by atoms with Gasteiger partial charge in [-0.2, -0.15) is 0 Å². The lowest BCUT2D eigenvalue weighted by Gasteiger charge is -2.34. The number of ether oxygens (including phenoxy) is 4. The molecule has 4 atom stereocenters. The lowest BCUT2D eigenvalue weighted by atomic mass is 9.34. The van der Waals surface area contributed by atoms with Crippen LogP contribution in [-0.4, -0.2) is 40.6 Å². The van der Waals surface area contributed by atoms with Crippen molar-refractivity contribution in [3.63, 3.8) is 0 Å². The highest BCUT2D eigenvalue weighted by atomic mass is 16.8. The van der Waals surface area contributed by atoms with Crippen LogP contribution in [0, 0.1) is 0 Å². The van der Waals surface area contributed by atoms with Gasteiger partial charge in [0.15, 0.2) is 0 Å². The Hall–Kier alpha value is -6.28. The maximum atomic E-state index is 6.02. The summed E-state index contributed by atoms with van der Waals surface area (Å²) >= 11 is 0. The van der Waals surface area contributed by atoms with Crippen LogP contribution < -0.4 is 25.9 Å². The van der Waals surface area contributed by atoms with E-state index in [0.29, 0.717) is 0 Å². The van der Waals surface area contributed by atoms with Gasteiger partial charge < -0.3 is 28.1 Å². The van der Waals surface area contributed by atoms with Gasteiger partial charge in [0.05, 0.1) is 11.0 Å². The van der Waals surface area contributed by atoms with Crippen molar-refractivity contribution >= 4 is 66.7 Å². The van der Waals surface area contributed by atoms with Gasteiger partial charge in [0.25, 0.3) is 6.71 Å². The first-order valence-electron chi connectivity index (χ1n) is 19.2. The molecule has 0 N–H and O–H groups in total. The van der Waals surface area contributed by atoms with Crippen LogP contribution in [0.25, 0.3) is 77.2 Å². The average Bonchev–Trinajstić information content (AvgIpc) is 4.03. The molecule has 0 radical (unpaired) electrons. The zero-order chi connectivity index (χ0) is 36.1. The van der Waals surface area contributed by atoms with Crippen LogP contribution in [-0.2, 0) is 9.47 Å². The van der Waals surface area contributed by atoms with Crippen LogP contribution in [0.15, 0.2) is 140 Å². The maximum absolute atomic E-state index is 6.02. The molecule has 2 saturated heterocycles. The Balaban J connectivity index is 1.06. The highest BCUT2D eigenvalue weighted by Gasteiger charge is 2.42. The van der Waals surface area contributed by atoms with Crippen molar-refractivity contribution in [2.24, 2.45) is 0 Å². The van der Waals surface area contributed by atoms with Crippen LogP contribution in [0.5, 0.6) is 11.5 Å². The van der Waals surface area contributed by atoms with E-state index in [0.717, 1.165) is 22.6 Å². The van der Waals surface area contributed by atoms with E-state index >= 15 is 0 Å². The van der Waals surface area contributed by atoms with Gasteiger partial charge in [-0.1, -0.05) is 91.0 Å². The molecule has 9 aromatic rings. The third-order valence-electron chi connectivity index (χ3n) is 12.3. The van der Waals surface area contributed by atoms with Gasteiger partial charge in [-0.05, 0) is 101 Å². The second kappa shape index (κ2) is 10.7. The van der Waals surface area contributed by atoms with E-state index in [1.807, 2.05) is 13.8 Å². The number of hydrogen-bond acceptors (Lipinski definition) is 4. The van der Waals surface area contributed by atoms with E-state index in [-0.39, 0.29) is 31.5 Å². The fourth-order valence-corrected chi connectivity index (χ4v) is 9.67. The third kappa shape index (κ3) is 4.11. The zero-order valence-corrected chi connectivity index (χ0v) is 30.2. The minimum atomic E-state index is -0.154. The molecule has 0 spiro atoms. The number of para-hydroxylation sites is 2. The minimum absolute atomic E-state index is 0.0561. The Morgan fingerprint density at radius 1 is 0.491 bits per heavy atom. The first kappa shape index (κ1) is 30.1. The number of benzene rings is 7. The highest BCUT2D eigenvalue weighted by molar-refractivity contribution is 7.00. The summed E-state index contributed by atoms with van der Waals surface area (Å²) in [6, 6.07) is 51.1. The molecule has 4 unspecified atom stereocenters. The van der Waals surface area contributed by atoms with Crippen molar-refractivity contribution in [3.8, 4) is 45.1 Å². The SMILES string of the molecule is CC1OC1Oc1ccc(-c2ccc3c4c2c2ccccc2n4-c2cccc4c2B3c2ccc(-c3ccc(OC5OC5C)cc3)c3c5ccccc5n-4c23)cc1. The Bertz CT molecular complexity index is 2900. The van der Waals surface area contributed by atoms with E-state index < -0.39 is 0 Å². The quantitative estimate of drug-likeness (QED) is 0.128. The van der Waals surface area contributed by atoms with Crippen LogP contribution >= 0.6 is 0 Å². The zero-order valence-electron chi connectivity index (χ0n) is 30.2. The van der Waals surface area contributed by atoms with Crippen LogP contribution in [0.2, 0.25) is 0 Å². The minimum Gasteiger partial charge on any atom is -0.462 e. The molecule has 2 aromatic heterocycles. The summed E-state index contributed by atoms with van der Waals surface area (Å²) in [5.41, 5.74) is 16.3. The number of aromatic nitrogens is 2. The lowest BCUT2D eigenvalue weighted by Crippen LogP contribution is -2.59. The van der Waals surface area contributed by atoms with Gasteiger partial charge >= 0.3 is 0 Å². The normalized spacial score (nSPS) is 20.0.